The lowest BCUT2D eigenvalue weighted by molar-refractivity contribution is -0.119. The predicted molar refractivity (Wildman–Crippen MR) is 134 cm³/mol. The first-order chi connectivity index (χ1) is 16.6. The molecule has 0 aliphatic carbocycles. The van der Waals surface area contributed by atoms with Gasteiger partial charge in [-0.2, -0.15) is 5.10 Å². The smallest absolute Gasteiger partial charge is 0.260 e. The lowest BCUT2D eigenvalue weighted by Gasteiger charge is -2.16. The first-order valence-electron chi connectivity index (χ1n) is 10.7. The van der Waals surface area contributed by atoms with Gasteiger partial charge >= 0.3 is 0 Å². The molecule has 0 radical (unpaired) electrons. The van der Waals surface area contributed by atoms with Gasteiger partial charge in [0, 0.05) is 21.5 Å². The molecular formula is C27H20ClN3O3. The molecule has 0 fully saturated rings. The van der Waals surface area contributed by atoms with Crippen LogP contribution in [0.3, 0.4) is 0 Å². The molecule has 34 heavy (non-hydrogen) atoms. The third kappa shape index (κ3) is 4.36. The normalized spacial score (nSPS) is 12.5. The number of hydrogen-bond acceptors (Lipinski definition) is 4. The fourth-order valence-corrected chi connectivity index (χ4v) is 4.11. The minimum atomic E-state index is -0.380. The van der Waals surface area contributed by atoms with Crippen LogP contribution in [0.25, 0.3) is 10.8 Å². The molecule has 1 N–H and O–H groups in total. The summed E-state index contributed by atoms with van der Waals surface area (Å²) >= 11 is 6.15. The van der Waals surface area contributed by atoms with E-state index in [-0.39, 0.29) is 18.4 Å². The number of carbonyl (C=O) groups is 2. The van der Waals surface area contributed by atoms with Crippen molar-refractivity contribution in [3.63, 3.8) is 0 Å². The number of amides is 2. The van der Waals surface area contributed by atoms with Gasteiger partial charge in [0.2, 0.25) is 0 Å². The van der Waals surface area contributed by atoms with E-state index in [0.717, 1.165) is 27.6 Å². The van der Waals surface area contributed by atoms with Crippen LogP contribution in [0.5, 0.6) is 5.75 Å². The SMILES string of the molecule is O=C(CN1C(=O)c2cccc3cccc1c23)NN=Cc1ccc(OCc2ccccc2Cl)cc1. The summed E-state index contributed by atoms with van der Waals surface area (Å²) < 4.78 is 5.77. The van der Waals surface area contributed by atoms with Gasteiger partial charge in [0.1, 0.15) is 18.9 Å². The molecule has 0 spiro atoms. The number of benzene rings is 4. The molecule has 168 valence electrons. The highest BCUT2D eigenvalue weighted by Gasteiger charge is 2.30. The van der Waals surface area contributed by atoms with Crippen LogP contribution < -0.4 is 15.1 Å². The van der Waals surface area contributed by atoms with Crippen molar-refractivity contribution < 1.29 is 14.3 Å². The summed E-state index contributed by atoms with van der Waals surface area (Å²) in [6, 6.07) is 26.1. The molecule has 7 heteroatoms. The van der Waals surface area contributed by atoms with Crippen molar-refractivity contribution in [2.24, 2.45) is 5.10 Å². The highest BCUT2D eigenvalue weighted by molar-refractivity contribution is 6.31. The molecule has 4 aromatic rings. The number of carbonyl (C=O) groups excluding carboxylic acids is 2. The van der Waals surface area contributed by atoms with Crippen molar-refractivity contribution in [3.05, 3.63) is 107 Å². The molecule has 0 saturated heterocycles. The Balaban J connectivity index is 1.17. The Morgan fingerprint density at radius 3 is 2.53 bits per heavy atom. The topological polar surface area (TPSA) is 71.0 Å². The van der Waals surface area contributed by atoms with Crippen LogP contribution in [0.1, 0.15) is 21.5 Å². The van der Waals surface area contributed by atoms with Crippen molar-refractivity contribution >= 4 is 46.1 Å². The van der Waals surface area contributed by atoms with Gasteiger partial charge in [0.15, 0.2) is 0 Å². The first kappa shape index (κ1) is 21.7. The minimum Gasteiger partial charge on any atom is -0.489 e. The molecule has 0 saturated carbocycles. The van der Waals surface area contributed by atoms with Gasteiger partial charge in [-0.1, -0.05) is 54.1 Å². The Bertz CT molecular complexity index is 1410. The monoisotopic (exact) mass is 469 g/mol. The maximum atomic E-state index is 12.8. The van der Waals surface area contributed by atoms with Gasteiger partial charge in [-0.25, -0.2) is 5.43 Å². The van der Waals surface area contributed by atoms with E-state index in [1.807, 2.05) is 78.9 Å². The molecule has 4 aromatic carbocycles. The molecule has 5 rings (SSSR count). The lowest BCUT2D eigenvalue weighted by atomic mass is 10.1. The molecule has 0 aromatic heterocycles. The number of hydrogen-bond donors (Lipinski definition) is 1. The van der Waals surface area contributed by atoms with E-state index in [1.54, 1.807) is 6.07 Å². The second-order valence-corrected chi connectivity index (χ2v) is 8.22. The average molecular weight is 470 g/mol. The average Bonchev–Trinajstić information content (AvgIpc) is 3.12. The van der Waals surface area contributed by atoms with E-state index in [2.05, 4.69) is 10.5 Å². The van der Waals surface area contributed by atoms with Gasteiger partial charge in [0.25, 0.3) is 11.8 Å². The summed E-state index contributed by atoms with van der Waals surface area (Å²) in [4.78, 5) is 26.7. The number of anilines is 1. The molecule has 0 unspecified atom stereocenters. The van der Waals surface area contributed by atoms with Crippen LogP contribution in [0.4, 0.5) is 5.69 Å². The first-order valence-corrected chi connectivity index (χ1v) is 11.1. The van der Waals surface area contributed by atoms with E-state index in [0.29, 0.717) is 22.9 Å². The second-order valence-electron chi connectivity index (χ2n) is 7.81. The maximum absolute atomic E-state index is 12.8. The quantitative estimate of drug-likeness (QED) is 0.299. The number of halogens is 1. The molecule has 1 heterocycles. The molecule has 0 atom stereocenters. The molecular weight excluding hydrogens is 450 g/mol. The summed E-state index contributed by atoms with van der Waals surface area (Å²) in [6.45, 7) is 0.259. The standard InChI is InChI=1S/C27H20ClN3O3/c28-23-9-2-1-5-20(23)17-34-21-13-11-18(12-14-21)15-29-30-25(32)16-31-24-10-4-7-19-6-3-8-22(26(19)24)27(31)33/h1-15H,16-17H2,(H,30,32). The number of hydrazone groups is 1. The number of nitrogens with one attached hydrogen (secondary N) is 1. The third-order valence-corrected chi connectivity index (χ3v) is 5.95. The van der Waals surface area contributed by atoms with E-state index < -0.39 is 0 Å². The largest absolute Gasteiger partial charge is 0.489 e. The fraction of sp³-hybridized carbons (Fsp3) is 0.0741. The Hall–Kier alpha value is -4.16. The Morgan fingerprint density at radius 1 is 0.971 bits per heavy atom. The van der Waals surface area contributed by atoms with Crippen LogP contribution in [-0.4, -0.2) is 24.6 Å². The molecule has 1 aliphatic heterocycles. The number of rotatable bonds is 7. The summed E-state index contributed by atoms with van der Waals surface area (Å²) in [7, 11) is 0. The Kier molecular flexibility index (Phi) is 5.97. The maximum Gasteiger partial charge on any atom is 0.260 e. The van der Waals surface area contributed by atoms with Crippen LogP contribution in [0, 0.1) is 0 Å². The van der Waals surface area contributed by atoms with E-state index in [1.165, 1.54) is 11.1 Å². The summed E-state index contributed by atoms with van der Waals surface area (Å²) in [6.07, 6.45) is 1.54. The van der Waals surface area contributed by atoms with Crippen molar-refractivity contribution in [2.45, 2.75) is 6.61 Å². The van der Waals surface area contributed by atoms with Crippen LogP contribution in [0.15, 0.2) is 90.0 Å². The van der Waals surface area contributed by atoms with Gasteiger partial charge in [-0.3, -0.25) is 14.5 Å². The van der Waals surface area contributed by atoms with Crippen molar-refractivity contribution in [3.8, 4) is 5.75 Å². The second kappa shape index (κ2) is 9.37. The van der Waals surface area contributed by atoms with Crippen molar-refractivity contribution in [2.75, 3.05) is 11.4 Å². The molecule has 2 amide bonds. The van der Waals surface area contributed by atoms with Gasteiger partial charge in [-0.05, 0) is 53.4 Å². The lowest BCUT2D eigenvalue weighted by Crippen LogP contribution is -2.37. The summed E-state index contributed by atoms with van der Waals surface area (Å²) in [5.74, 6) is 0.134. The molecule has 1 aliphatic rings. The highest BCUT2D eigenvalue weighted by atomic mass is 35.5. The minimum absolute atomic E-state index is 0.112. The van der Waals surface area contributed by atoms with E-state index in [9.17, 15) is 9.59 Å². The zero-order chi connectivity index (χ0) is 23.5. The van der Waals surface area contributed by atoms with Crippen LogP contribution in [-0.2, 0) is 11.4 Å². The zero-order valence-corrected chi connectivity index (χ0v) is 18.8. The zero-order valence-electron chi connectivity index (χ0n) is 18.1. The summed E-state index contributed by atoms with van der Waals surface area (Å²) in [5, 5.41) is 6.54. The van der Waals surface area contributed by atoms with Crippen LogP contribution in [0.2, 0.25) is 5.02 Å². The highest BCUT2D eigenvalue weighted by Crippen LogP contribution is 2.36. The predicted octanol–water partition coefficient (Wildman–Crippen LogP) is 5.18. The van der Waals surface area contributed by atoms with Crippen molar-refractivity contribution in [1.82, 2.24) is 5.43 Å². The Morgan fingerprint density at radius 2 is 1.74 bits per heavy atom. The van der Waals surface area contributed by atoms with E-state index >= 15 is 0 Å². The fourth-order valence-electron chi connectivity index (χ4n) is 3.92. The molecule has 6 nitrogen and oxygen atoms in total. The van der Waals surface area contributed by atoms with Gasteiger partial charge in [-0.15, -0.1) is 0 Å². The third-order valence-electron chi connectivity index (χ3n) is 5.59. The number of ether oxygens (including phenoxy) is 1. The van der Waals surface area contributed by atoms with E-state index in [4.69, 9.17) is 16.3 Å². The summed E-state index contributed by atoms with van der Waals surface area (Å²) in [5.41, 5.74) is 5.55. The van der Waals surface area contributed by atoms with Gasteiger partial charge < -0.3 is 4.74 Å². The molecule has 0 bridgehead atoms. The number of nitrogens with zero attached hydrogens (tertiary/aromatic N) is 2. The Labute approximate surface area is 201 Å². The van der Waals surface area contributed by atoms with Crippen molar-refractivity contribution in [1.29, 1.82) is 0 Å². The van der Waals surface area contributed by atoms with Gasteiger partial charge in [0.05, 0.1) is 11.9 Å². The van der Waals surface area contributed by atoms with Crippen LogP contribution >= 0.6 is 11.6 Å².